The number of hydrogen-bond donors (Lipinski definition) is 0. The van der Waals surface area contributed by atoms with Crippen molar-refractivity contribution >= 4 is 5.82 Å². The Kier molecular flexibility index (Phi) is 6.26. The van der Waals surface area contributed by atoms with Gasteiger partial charge in [-0.05, 0) is 48.8 Å². The SMILES string of the molecule is FC(F)(F)Oc1cccc(COc2cncc(N3CCC(C4CCOC4)CC3)n2)c1. The number of ether oxygens (including phenoxy) is 3. The van der Waals surface area contributed by atoms with Gasteiger partial charge in [0, 0.05) is 26.3 Å². The fourth-order valence-corrected chi connectivity index (χ4v) is 4.07. The number of aromatic nitrogens is 2. The molecule has 2 aromatic rings. The number of alkyl halides is 3. The van der Waals surface area contributed by atoms with Crippen molar-refractivity contribution in [3.05, 3.63) is 42.2 Å². The van der Waals surface area contributed by atoms with Crippen LogP contribution in [-0.4, -0.2) is 42.6 Å². The number of hydrogen-bond acceptors (Lipinski definition) is 6. The average molecular weight is 423 g/mol. The highest BCUT2D eigenvalue weighted by Gasteiger charge is 2.31. The molecule has 0 saturated carbocycles. The molecule has 0 aliphatic carbocycles. The summed E-state index contributed by atoms with van der Waals surface area (Å²) in [5, 5.41) is 0. The van der Waals surface area contributed by atoms with E-state index < -0.39 is 6.36 Å². The summed E-state index contributed by atoms with van der Waals surface area (Å²) >= 11 is 0. The van der Waals surface area contributed by atoms with E-state index in [-0.39, 0.29) is 12.4 Å². The first-order valence-electron chi connectivity index (χ1n) is 10.1. The third kappa shape index (κ3) is 5.53. The number of nitrogens with zero attached hydrogens (tertiary/aromatic N) is 3. The van der Waals surface area contributed by atoms with Gasteiger partial charge in [0.15, 0.2) is 5.82 Å². The van der Waals surface area contributed by atoms with Crippen molar-refractivity contribution in [2.24, 2.45) is 11.8 Å². The van der Waals surface area contributed by atoms with Crippen molar-refractivity contribution in [3.63, 3.8) is 0 Å². The van der Waals surface area contributed by atoms with Crippen LogP contribution in [0.25, 0.3) is 0 Å². The quantitative estimate of drug-likeness (QED) is 0.694. The molecule has 0 radical (unpaired) electrons. The second-order valence-electron chi connectivity index (χ2n) is 7.65. The summed E-state index contributed by atoms with van der Waals surface area (Å²) in [6.07, 6.45) is 1.85. The molecule has 1 aromatic carbocycles. The molecule has 162 valence electrons. The van der Waals surface area contributed by atoms with Crippen LogP contribution >= 0.6 is 0 Å². The van der Waals surface area contributed by atoms with Gasteiger partial charge in [-0.15, -0.1) is 13.2 Å². The molecular weight excluding hydrogens is 399 g/mol. The van der Waals surface area contributed by atoms with E-state index in [1.54, 1.807) is 12.3 Å². The second kappa shape index (κ2) is 9.07. The summed E-state index contributed by atoms with van der Waals surface area (Å²) in [5.74, 6) is 2.18. The molecule has 1 unspecified atom stereocenters. The van der Waals surface area contributed by atoms with E-state index >= 15 is 0 Å². The molecular formula is C21H24F3N3O3. The van der Waals surface area contributed by atoms with Crippen molar-refractivity contribution in [1.29, 1.82) is 0 Å². The van der Waals surface area contributed by atoms with Gasteiger partial charge in [0.2, 0.25) is 5.88 Å². The fraction of sp³-hybridized carbons (Fsp3) is 0.524. The number of halogens is 3. The van der Waals surface area contributed by atoms with E-state index in [2.05, 4.69) is 19.6 Å². The first kappa shape index (κ1) is 20.7. The van der Waals surface area contributed by atoms with Crippen LogP contribution in [0, 0.1) is 11.8 Å². The number of anilines is 1. The molecule has 2 aliphatic rings. The monoisotopic (exact) mass is 423 g/mol. The molecule has 0 bridgehead atoms. The minimum Gasteiger partial charge on any atom is -0.472 e. The maximum Gasteiger partial charge on any atom is 0.573 e. The van der Waals surface area contributed by atoms with Crippen molar-refractivity contribution in [2.75, 3.05) is 31.2 Å². The van der Waals surface area contributed by atoms with Crippen molar-refractivity contribution in [2.45, 2.75) is 32.2 Å². The van der Waals surface area contributed by atoms with Crippen LogP contribution in [0.2, 0.25) is 0 Å². The van der Waals surface area contributed by atoms with Gasteiger partial charge in [0.1, 0.15) is 12.4 Å². The Morgan fingerprint density at radius 2 is 1.93 bits per heavy atom. The molecule has 0 amide bonds. The summed E-state index contributed by atoms with van der Waals surface area (Å²) in [7, 11) is 0. The lowest BCUT2D eigenvalue weighted by atomic mass is 9.84. The summed E-state index contributed by atoms with van der Waals surface area (Å²) in [5.41, 5.74) is 0.545. The molecule has 0 N–H and O–H groups in total. The zero-order valence-corrected chi connectivity index (χ0v) is 16.5. The van der Waals surface area contributed by atoms with E-state index in [1.807, 2.05) is 0 Å². The summed E-state index contributed by atoms with van der Waals surface area (Å²) in [6, 6.07) is 5.69. The van der Waals surface area contributed by atoms with Gasteiger partial charge < -0.3 is 19.1 Å². The third-order valence-electron chi connectivity index (χ3n) is 5.61. The zero-order valence-electron chi connectivity index (χ0n) is 16.5. The summed E-state index contributed by atoms with van der Waals surface area (Å²) in [4.78, 5) is 10.9. The maximum absolute atomic E-state index is 12.4. The minimum absolute atomic E-state index is 0.0664. The minimum atomic E-state index is -4.72. The highest BCUT2D eigenvalue weighted by Crippen LogP contribution is 2.32. The smallest absolute Gasteiger partial charge is 0.472 e. The summed E-state index contributed by atoms with van der Waals surface area (Å²) in [6.45, 7) is 3.65. The molecule has 2 saturated heterocycles. The Balaban J connectivity index is 1.32. The normalized spacial score (nSPS) is 20.4. The predicted molar refractivity (Wildman–Crippen MR) is 103 cm³/mol. The molecule has 30 heavy (non-hydrogen) atoms. The third-order valence-corrected chi connectivity index (χ3v) is 5.61. The largest absolute Gasteiger partial charge is 0.573 e. The molecule has 0 spiro atoms. The maximum atomic E-state index is 12.4. The van der Waals surface area contributed by atoms with Crippen molar-refractivity contribution < 1.29 is 27.4 Å². The van der Waals surface area contributed by atoms with Gasteiger partial charge in [0.05, 0.1) is 12.4 Å². The van der Waals surface area contributed by atoms with E-state index in [1.165, 1.54) is 24.4 Å². The first-order chi connectivity index (χ1) is 14.5. The topological polar surface area (TPSA) is 56.7 Å². The first-order valence-corrected chi connectivity index (χ1v) is 10.1. The molecule has 1 aromatic heterocycles. The number of piperidine rings is 1. The predicted octanol–water partition coefficient (Wildman–Crippen LogP) is 4.21. The Morgan fingerprint density at radius 3 is 2.67 bits per heavy atom. The van der Waals surface area contributed by atoms with Crippen molar-refractivity contribution in [1.82, 2.24) is 9.97 Å². The molecule has 2 aliphatic heterocycles. The van der Waals surface area contributed by atoms with Gasteiger partial charge in [-0.2, -0.15) is 4.98 Å². The van der Waals surface area contributed by atoms with Crippen LogP contribution in [0.4, 0.5) is 19.0 Å². The molecule has 9 heteroatoms. The van der Waals surface area contributed by atoms with Crippen LogP contribution in [0.15, 0.2) is 36.7 Å². The molecule has 2 fully saturated rings. The molecule has 4 rings (SSSR count). The van der Waals surface area contributed by atoms with Gasteiger partial charge in [-0.25, -0.2) is 0 Å². The Hall–Kier alpha value is -2.55. The van der Waals surface area contributed by atoms with Gasteiger partial charge in [0.25, 0.3) is 0 Å². The van der Waals surface area contributed by atoms with Crippen LogP contribution < -0.4 is 14.4 Å². The zero-order chi connectivity index (χ0) is 21.0. The number of benzene rings is 1. The van der Waals surface area contributed by atoms with E-state index in [0.717, 1.165) is 51.4 Å². The van der Waals surface area contributed by atoms with Gasteiger partial charge in [-0.1, -0.05) is 12.1 Å². The Morgan fingerprint density at radius 1 is 1.10 bits per heavy atom. The molecule has 6 nitrogen and oxygen atoms in total. The summed E-state index contributed by atoms with van der Waals surface area (Å²) < 4.78 is 52.2. The molecule has 1 atom stereocenters. The highest BCUT2D eigenvalue weighted by atomic mass is 19.4. The van der Waals surface area contributed by atoms with Crippen LogP contribution in [0.1, 0.15) is 24.8 Å². The van der Waals surface area contributed by atoms with Crippen LogP contribution in [0.5, 0.6) is 11.6 Å². The average Bonchev–Trinajstić information content (AvgIpc) is 3.27. The standard InChI is InChI=1S/C21H24F3N3O3/c22-21(23,24)30-18-3-1-2-15(10-18)13-29-20-12-25-11-19(26-20)27-7-4-16(5-8-27)17-6-9-28-14-17/h1-3,10-12,16-17H,4-9,13-14H2. The Bertz CT molecular complexity index is 835. The lowest BCUT2D eigenvalue weighted by molar-refractivity contribution is -0.274. The molecule has 3 heterocycles. The van der Waals surface area contributed by atoms with E-state index in [0.29, 0.717) is 23.3 Å². The fourth-order valence-electron chi connectivity index (χ4n) is 4.07. The van der Waals surface area contributed by atoms with E-state index in [9.17, 15) is 13.2 Å². The van der Waals surface area contributed by atoms with Crippen molar-refractivity contribution in [3.8, 4) is 11.6 Å². The van der Waals surface area contributed by atoms with E-state index in [4.69, 9.17) is 9.47 Å². The second-order valence-corrected chi connectivity index (χ2v) is 7.65. The number of rotatable bonds is 6. The Labute approximate surface area is 173 Å². The highest BCUT2D eigenvalue weighted by molar-refractivity contribution is 5.38. The van der Waals surface area contributed by atoms with Crippen LogP contribution in [-0.2, 0) is 11.3 Å². The lowest BCUT2D eigenvalue weighted by Gasteiger charge is -2.34. The van der Waals surface area contributed by atoms with Crippen LogP contribution in [0.3, 0.4) is 0 Å². The van der Waals surface area contributed by atoms with Gasteiger partial charge in [-0.3, -0.25) is 4.98 Å². The van der Waals surface area contributed by atoms with Gasteiger partial charge >= 0.3 is 6.36 Å². The lowest BCUT2D eigenvalue weighted by Crippen LogP contribution is -2.36.